The van der Waals surface area contributed by atoms with Crippen LogP contribution in [0.15, 0.2) is 29.6 Å². The molecule has 0 N–H and O–H groups in total. The average Bonchev–Trinajstić information content (AvgIpc) is 2.57. The van der Waals surface area contributed by atoms with Crippen molar-refractivity contribution < 1.29 is 0 Å². The first-order chi connectivity index (χ1) is 6.40. The summed E-state index contributed by atoms with van der Waals surface area (Å²) in [4.78, 5) is 0. The molecule has 0 amide bonds. The maximum Gasteiger partial charge on any atom is -0.00769 e. The molecule has 0 saturated heterocycles. The Hall–Kier alpha value is -0.610. The Bertz CT molecular complexity index is 326. The Balaban J connectivity index is 2.08. The molecule has 0 unspecified atom stereocenters. The lowest BCUT2D eigenvalue weighted by Gasteiger charge is -1.98. The van der Waals surface area contributed by atoms with Crippen molar-refractivity contribution in [3.8, 4) is 0 Å². The summed E-state index contributed by atoms with van der Waals surface area (Å²) in [5.74, 6) is 0. The molecule has 0 aliphatic carbocycles. The van der Waals surface area contributed by atoms with Crippen LogP contribution in [0.25, 0.3) is 6.08 Å². The quantitative estimate of drug-likeness (QED) is 0.634. The lowest BCUT2D eigenvalue weighted by molar-refractivity contribution is 0.811. The summed E-state index contributed by atoms with van der Waals surface area (Å²) >= 11 is 0. The molecule has 1 aliphatic heterocycles. The van der Waals surface area contributed by atoms with E-state index in [0.717, 1.165) is 0 Å². The standard InChI is InChI=1S/C12H14P/c1-2-3-7-11-9-10-6-4-5-8-12(10)13-11/h4-6,8-9H,2-3,7H2,1H3. The minimum Gasteiger partial charge on any atom is -0.0654 e. The molecule has 1 aliphatic rings. The first kappa shape index (κ1) is 8.97. The van der Waals surface area contributed by atoms with Gasteiger partial charge in [-0.15, -0.1) is 0 Å². The van der Waals surface area contributed by atoms with E-state index < -0.39 is 0 Å². The molecule has 0 saturated carbocycles. The van der Waals surface area contributed by atoms with Crippen LogP contribution in [0, 0.1) is 0 Å². The van der Waals surface area contributed by atoms with Crippen molar-refractivity contribution in [1.82, 2.24) is 0 Å². The number of allylic oxidation sites excluding steroid dienone is 1. The minimum atomic E-state index is 1.27. The van der Waals surface area contributed by atoms with E-state index in [1.54, 1.807) is 5.31 Å². The Kier molecular flexibility index (Phi) is 2.80. The molecule has 2 rings (SSSR count). The molecule has 0 atom stereocenters. The summed E-state index contributed by atoms with van der Waals surface area (Å²) in [7, 11) is 1.44. The van der Waals surface area contributed by atoms with Crippen LogP contribution in [0.4, 0.5) is 0 Å². The summed E-state index contributed by atoms with van der Waals surface area (Å²) in [6.45, 7) is 2.25. The van der Waals surface area contributed by atoms with Crippen LogP contribution in [-0.4, -0.2) is 0 Å². The number of hydrogen-bond donors (Lipinski definition) is 0. The number of fused-ring (bicyclic) bond motifs is 1. The summed E-state index contributed by atoms with van der Waals surface area (Å²) in [5, 5.41) is 3.07. The highest BCUT2D eigenvalue weighted by Gasteiger charge is 2.11. The van der Waals surface area contributed by atoms with Crippen LogP contribution < -0.4 is 5.30 Å². The van der Waals surface area contributed by atoms with Gasteiger partial charge < -0.3 is 0 Å². The van der Waals surface area contributed by atoms with Gasteiger partial charge in [0.05, 0.1) is 0 Å². The van der Waals surface area contributed by atoms with E-state index in [-0.39, 0.29) is 0 Å². The number of hydrogen-bond acceptors (Lipinski definition) is 0. The molecule has 67 valence electrons. The predicted molar refractivity (Wildman–Crippen MR) is 60.5 cm³/mol. The molecule has 1 heterocycles. The van der Waals surface area contributed by atoms with Gasteiger partial charge in [0.25, 0.3) is 0 Å². The van der Waals surface area contributed by atoms with Crippen LogP contribution in [0.5, 0.6) is 0 Å². The van der Waals surface area contributed by atoms with Crippen molar-refractivity contribution in [2.24, 2.45) is 0 Å². The lowest BCUT2D eigenvalue weighted by atomic mass is 10.2. The monoisotopic (exact) mass is 189 g/mol. The fourth-order valence-corrected chi connectivity index (χ4v) is 2.78. The zero-order valence-electron chi connectivity index (χ0n) is 7.96. The highest BCUT2D eigenvalue weighted by atomic mass is 31.1. The van der Waals surface area contributed by atoms with Gasteiger partial charge in [-0.1, -0.05) is 37.6 Å². The van der Waals surface area contributed by atoms with E-state index >= 15 is 0 Å². The second-order valence-electron chi connectivity index (χ2n) is 3.41. The summed E-state index contributed by atoms with van der Waals surface area (Å²) < 4.78 is 0. The lowest BCUT2D eigenvalue weighted by Crippen LogP contribution is -1.92. The van der Waals surface area contributed by atoms with Gasteiger partial charge in [-0.25, -0.2) is 0 Å². The van der Waals surface area contributed by atoms with Crippen molar-refractivity contribution in [1.29, 1.82) is 0 Å². The number of unbranched alkanes of at least 4 members (excludes halogenated alkanes) is 1. The molecule has 13 heavy (non-hydrogen) atoms. The molecular weight excluding hydrogens is 175 g/mol. The van der Waals surface area contributed by atoms with Gasteiger partial charge in [0, 0.05) is 0 Å². The van der Waals surface area contributed by atoms with E-state index in [9.17, 15) is 0 Å². The highest BCUT2D eigenvalue weighted by Crippen LogP contribution is 2.36. The van der Waals surface area contributed by atoms with Crippen molar-refractivity contribution in [3.05, 3.63) is 35.1 Å². The summed E-state index contributed by atoms with van der Waals surface area (Å²) in [5.41, 5.74) is 1.43. The van der Waals surface area contributed by atoms with E-state index in [4.69, 9.17) is 0 Å². The molecule has 0 fully saturated rings. The molecule has 1 heteroatoms. The van der Waals surface area contributed by atoms with Crippen molar-refractivity contribution in [2.75, 3.05) is 0 Å². The van der Waals surface area contributed by atoms with Crippen LogP contribution in [0.3, 0.4) is 0 Å². The van der Waals surface area contributed by atoms with Crippen LogP contribution in [0.2, 0.25) is 0 Å². The first-order valence-corrected chi connectivity index (χ1v) is 5.81. The maximum atomic E-state index is 2.35. The number of rotatable bonds is 3. The third-order valence-electron chi connectivity index (χ3n) is 2.31. The minimum absolute atomic E-state index is 1.27. The summed E-state index contributed by atoms with van der Waals surface area (Å²) in [6, 6.07) is 8.68. The average molecular weight is 189 g/mol. The molecule has 0 nitrogen and oxygen atoms in total. The second kappa shape index (κ2) is 4.07. The van der Waals surface area contributed by atoms with Gasteiger partial charge in [0.1, 0.15) is 0 Å². The predicted octanol–water partition coefficient (Wildman–Crippen LogP) is 3.80. The number of benzene rings is 1. The fraction of sp³-hybridized carbons (Fsp3) is 0.333. The molecular formula is C12H14P. The Labute approximate surface area is 81.8 Å². The second-order valence-corrected chi connectivity index (χ2v) is 4.69. The zero-order valence-corrected chi connectivity index (χ0v) is 8.85. The van der Waals surface area contributed by atoms with E-state index in [0.29, 0.717) is 0 Å². The van der Waals surface area contributed by atoms with Crippen molar-refractivity contribution >= 4 is 20.0 Å². The zero-order chi connectivity index (χ0) is 9.10. The molecule has 1 radical (unpaired) electrons. The smallest absolute Gasteiger partial charge is 0.00769 e. The van der Waals surface area contributed by atoms with Gasteiger partial charge in [-0.05, 0) is 43.7 Å². The van der Waals surface area contributed by atoms with Crippen molar-refractivity contribution in [2.45, 2.75) is 26.2 Å². The molecule has 1 aromatic rings. The third kappa shape index (κ3) is 2.00. The van der Waals surface area contributed by atoms with Gasteiger partial charge in [-0.2, -0.15) is 0 Å². The molecule has 1 aromatic carbocycles. The highest BCUT2D eigenvalue weighted by molar-refractivity contribution is 7.53. The van der Waals surface area contributed by atoms with Crippen LogP contribution >= 0.6 is 8.58 Å². The molecule has 0 bridgehead atoms. The van der Waals surface area contributed by atoms with Crippen LogP contribution in [0.1, 0.15) is 31.7 Å². The molecule has 0 spiro atoms. The largest absolute Gasteiger partial charge is 0.0654 e. The summed E-state index contributed by atoms with van der Waals surface area (Å²) in [6.07, 6.45) is 6.25. The van der Waals surface area contributed by atoms with Gasteiger partial charge >= 0.3 is 0 Å². The van der Waals surface area contributed by atoms with Crippen molar-refractivity contribution in [3.63, 3.8) is 0 Å². The Morgan fingerprint density at radius 1 is 1.23 bits per heavy atom. The normalized spacial score (nSPS) is 15.9. The Morgan fingerprint density at radius 3 is 2.85 bits per heavy atom. The topological polar surface area (TPSA) is 0 Å². The van der Waals surface area contributed by atoms with Gasteiger partial charge in [0.15, 0.2) is 0 Å². The fourth-order valence-electron chi connectivity index (χ4n) is 1.56. The first-order valence-electron chi connectivity index (χ1n) is 4.91. The van der Waals surface area contributed by atoms with Gasteiger partial charge in [-0.3, -0.25) is 0 Å². The third-order valence-corrected chi connectivity index (χ3v) is 3.60. The van der Waals surface area contributed by atoms with Crippen LogP contribution in [-0.2, 0) is 0 Å². The van der Waals surface area contributed by atoms with E-state index in [2.05, 4.69) is 37.3 Å². The van der Waals surface area contributed by atoms with Gasteiger partial charge in [0.2, 0.25) is 0 Å². The maximum absolute atomic E-state index is 2.35. The Morgan fingerprint density at radius 2 is 2.08 bits per heavy atom. The van der Waals surface area contributed by atoms with E-state index in [1.807, 2.05) is 0 Å². The SMILES string of the molecule is CCCCC1=Cc2ccccc2[P]1. The van der Waals surface area contributed by atoms with E-state index in [1.165, 1.54) is 38.7 Å². The molecule has 0 aromatic heterocycles.